The molecule has 0 atom stereocenters. The third kappa shape index (κ3) is 3.19. The van der Waals surface area contributed by atoms with E-state index in [1.807, 2.05) is 0 Å². The number of rotatable bonds is 5. The number of nitrogens with two attached hydrogens (primary N) is 1. The fourth-order valence-corrected chi connectivity index (χ4v) is 3.19. The highest BCUT2D eigenvalue weighted by Crippen LogP contribution is 2.22. The third-order valence-corrected chi connectivity index (χ3v) is 4.25. The number of hydrogen-bond acceptors (Lipinski definition) is 5. The maximum Gasteiger partial charge on any atom is 0.300 e. The summed E-state index contributed by atoms with van der Waals surface area (Å²) >= 11 is 0. The molecule has 0 unspecified atom stereocenters. The van der Waals surface area contributed by atoms with E-state index >= 15 is 0 Å². The third-order valence-electron chi connectivity index (χ3n) is 2.23. The van der Waals surface area contributed by atoms with Crippen molar-refractivity contribution in [1.29, 1.82) is 0 Å². The number of hydrogen-bond donors (Lipinski definition) is 3. The largest absolute Gasteiger partial charge is 0.300 e. The van der Waals surface area contributed by atoms with Gasteiger partial charge in [0.25, 0.3) is 0 Å². The fraction of sp³-hybridized carbons (Fsp3) is 0.571. The molecule has 1 aromatic rings. The summed E-state index contributed by atoms with van der Waals surface area (Å²) in [5.74, 6) is -0.312. The van der Waals surface area contributed by atoms with Crippen molar-refractivity contribution < 1.29 is 16.8 Å². The van der Waals surface area contributed by atoms with Crippen molar-refractivity contribution in [3.05, 3.63) is 6.20 Å². The molecule has 1 fully saturated rings. The van der Waals surface area contributed by atoms with E-state index in [0.717, 1.165) is 23.7 Å². The molecule has 1 aromatic heterocycles. The molecular formula is C7H13N5O4S2. The second kappa shape index (κ2) is 4.19. The standard InChI is InChI=1S/C7H13N5O4S2/c1-12-4-6(17(8,13)14)7(9-12)11-18(15,16)10-5-2-3-5/h4-5,10H,2-3H2,1H3,(H,9,11)(H2,8,13,14). The van der Waals surface area contributed by atoms with Gasteiger partial charge in [-0.3, -0.25) is 9.40 Å². The Kier molecular flexibility index (Phi) is 3.09. The Morgan fingerprint density at radius 3 is 2.50 bits per heavy atom. The number of anilines is 1. The Labute approximate surface area is 105 Å². The second-order valence-electron chi connectivity index (χ2n) is 4.06. The van der Waals surface area contributed by atoms with Crippen molar-refractivity contribution >= 4 is 26.1 Å². The first-order chi connectivity index (χ1) is 8.17. The lowest BCUT2D eigenvalue weighted by molar-refractivity contribution is 0.586. The predicted molar refractivity (Wildman–Crippen MR) is 63.3 cm³/mol. The molecule has 1 heterocycles. The molecular weight excluding hydrogens is 282 g/mol. The van der Waals surface area contributed by atoms with Gasteiger partial charge in [-0.05, 0) is 12.8 Å². The van der Waals surface area contributed by atoms with Gasteiger partial charge in [0.2, 0.25) is 10.0 Å². The van der Waals surface area contributed by atoms with Gasteiger partial charge >= 0.3 is 10.2 Å². The average molecular weight is 295 g/mol. The van der Waals surface area contributed by atoms with E-state index in [1.165, 1.54) is 7.05 Å². The highest BCUT2D eigenvalue weighted by Gasteiger charge is 2.29. The Morgan fingerprint density at radius 2 is 2.00 bits per heavy atom. The van der Waals surface area contributed by atoms with Gasteiger partial charge in [0.05, 0.1) is 0 Å². The Balaban J connectivity index is 2.28. The van der Waals surface area contributed by atoms with Crippen LogP contribution in [0.5, 0.6) is 0 Å². The van der Waals surface area contributed by atoms with Crippen LogP contribution < -0.4 is 14.6 Å². The van der Waals surface area contributed by atoms with Crippen molar-refractivity contribution in [1.82, 2.24) is 14.5 Å². The summed E-state index contributed by atoms with van der Waals surface area (Å²) < 4.78 is 51.3. The number of nitrogens with one attached hydrogen (secondary N) is 2. The Morgan fingerprint density at radius 1 is 1.39 bits per heavy atom. The molecule has 102 valence electrons. The zero-order valence-electron chi connectivity index (χ0n) is 9.49. The molecule has 2 rings (SSSR count). The summed E-state index contributed by atoms with van der Waals surface area (Å²) in [5.41, 5.74) is 0. The van der Waals surface area contributed by atoms with Crippen LogP contribution in [0.25, 0.3) is 0 Å². The Bertz CT molecular complexity index is 658. The van der Waals surface area contributed by atoms with Crippen LogP contribution in [-0.4, -0.2) is 32.7 Å². The minimum absolute atomic E-state index is 0.0934. The molecule has 0 bridgehead atoms. The lowest BCUT2D eigenvalue weighted by Crippen LogP contribution is -2.32. The molecule has 4 N–H and O–H groups in total. The lowest BCUT2D eigenvalue weighted by atomic mass is 10.7. The van der Waals surface area contributed by atoms with Crippen molar-refractivity contribution in [3.63, 3.8) is 0 Å². The molecule has 1 aliphatic rings. The van der Waals surface area contributed by atoms with Crippen LogP contribution in [0.3, 0.4) is 0 Å². The van der Waals surface area contributed by atoms with Crippen LogP contribution >= 0.6 is 0 Å². The number of aryl methyl sites for hydroxylation is 1. The normalized spacial score (nSPS) is 16.8. The first-order valence-electron chi connectivity index (χ1n) is 5.04. The summed E-state index contributed by atoms with van der Waals surface area (Å²) in [4.78, 5) is -0.369. The predicted octanol–water partition coefficient (Wildman–Crippen LogP) is -1.52. The molecule has 0 amide bonds. The molecule has 1 saturated carbocycles. The van der Waals surface area contributed by atoms with E-state index in [-0.39, 0.29) is 16.8 Å². The van der Waals surface area contributed by atoms with Crippen molar-refractivity contribution in [3.8, 4) is 0 Å². The molecule has 0 saturated heterocycles. The molecule has 9 nitrogen and oxygen atoms in total. The second-order valence-corrected chi connectivity index (χ2v) is 7.03. The minimum atomic E-state index is -4.04. The van der Waals surface area contributed by atoms with Gasteiger partial charge in [-0.1, -0.05) is 0 Å². The van der Waals surface area contributed by atoms with Crippen LogP contribution in [-0.2, 0) is 27.3 Å². The molecule has 0 spiro atoms. The van der Waals surface area contributed by atoms with E-state index in [2.05, 4.69) is 14.5 Å². The maximum atomic E-state index is 11.6. The topological polar surface area (TPSA) is 136 Å². The van der Waals surface area contributed by atoms with Crippen molar-refractivity contribution in [2.75, 3.05) is 4.72 Å². The zero-order chi connectivity index (χ0) is 13.6. The first-order valence-corrected chi connectivity index (χ1v) is 8.07. The van der Waals surface area contributed by atoms with E-state index in [9.17, 15) is 16.8 Å². The summed E-state index contributed by atoms with van der Waals surface area (Å²) in [6.45, 7) is 0. The van der Waals surface area contributed by atoms with Gasteiger partial charge < -0.3 is 0 Å². The van der Waals surface area contributed by atoms with E-state index in [1.54, 1.807) is 0 Å². The summed E-state index contributed by atoms with van der Waals surface area (Å²) in [6, 6.07) is -0.0934. The van der Waals surface area contributed by atoms with Gasteiger partial charge in [0.1, 0.15) is 4.90 Å². The van der Waals surface area contributed by atoms with Crippen molar-refractivity contribution in [2.45, 2.75) is 23.8 Å². The van der Waals surface area contributed by atoms with Gasteiger partial charge in [0, 0.05) is 19.3 Å². The van der Waals surface area contributed by atoms with Gasteiger partial charge in [-0.15, -0.1) is 0 Å². The molecule has 1 aliphatic carbocycles. The number of sulfonamides is 1. The summed E-state index contributed by atoms with van der Waals surface area (Å²) in [5, 5.41) is 8.68. The quantitative estimate of drug-likeness (QED) is 0.605. The number of nitrogens with zero attached hydrogens (tertiary/aromatic N) is 2. The van der Waals surface area contributed by atoms with Gasteiger partial charge in [-0.2, -0.15) is 18.2 Å². The van der Waals surface area contributed by atoms with Crippen LogP contribution in [0, 0.1) is 0 Å². The molecule has 11 heteroatoms. The van der Waals surface area contributed by atoms with E-state index in [4.69, 9.17) is 5.14 Å². The SMILES string of the molecule is Cn1cc(S(N)(=O)=O)c(NS(=O)(=O)NC2CC2)n1. The van der Waals surface area contributed by atoms with Crippen LogP contribution in [0.15, 0.2) is 11.1 Å². The van der Waals surface area contributed by atoms with Crippen LogP contribution in [0.1, 0.15) is 12.8 Å². The number of aromatic nitrogens is 2. The lowest BCUT2D eigenvalue weighted by Gasteiger charge is -2.06. The molecule has 0 aliphatic heterocycles. The molecule has 18 heavy (non-hydrogen) atoms. The minimum Gasteiger partial charge on any atom is -0.272 e. The van der Waals surface area contributed by atoms with Gasteiger partial charge in [0.15, 0.2) is 5.82 Å². The highest BCUT2D eigenvalue weighted by molar-refractivity contribution is 7.91. The maximum absolute atomic E-state index is 11.6. The van der Waals surface area contributed by atoms with Crippen LogP contribution in [0.2, 0.25) is 0 Å². The van der Waals surface area contributed by atoms with Crippen molar-refractivity contribution in [2.24, 2.45) is 12.2 Å². The summed E-state index contributed by atoms with van der Waals surface area (Å²) in [6.07, 6.45) is 2.67. The fourth-order valence-electron chi connectivity index (χ4n) is 1.32. The average Bonchev–Trinajstić information content (AvgIpc) is 2.86. The summed E-state index contributed by atoms with van der Waals surface area (Å²) in [7, 11) is -6.41. The van der Waals surface area contributed by atoms with E-state index in [0.29, 0.717) is 0 Å². The van der Waals surface area contributed by atoms with Crippen LogP contribution in [0.4, 0.5) is 5.82 Å². The van der Waals surface area contributed by atoms with Gasteiger partial charge in [-0.25, -0.2) is 13.6 Å². The number of primary sulfonamides is 1. The van der Waals surface area contributed by atoms with E-state index < -0.39 is 20.2 Å². The molecule has 0 radical (unpaired) electrons. The zero-order valence-corrected chi connectivity index (χ0v) is 11.1. The Hall–Kier alpha value is -1.17. The highest BCUT2D eigenvalue weighted by atomic mass is 32.2. The smallest absolute Gasteiger partial charge is 0.272 e. The monoisotopic (exact) mass is 295 g/mol. The first kappa shape index (κ1) is 13.3. The molecule has 0 aromatic carbocycles.